The first-order valence-corrected chi connectivity index (χ1v) is 7.70. The summed E-state index contributed by atoms with van der Waals surface area (Å²) in [4.78, 5) is 0. The standard InChI is InChI=1S/2C11H9O/c2*1-12-11-7-6-9-4-2-3-5-10(9)8-11/h2*2-7H,1H3. The van der Waals surface area contributed by atoms with Gasteiger partial charge in [0.1, 0.15) is 11.5 Å². The topological polar surface area (TPSA) is 18.5 Å². The van der Waals surface area contributed by atoms with Gasteiger partial charge in [0, 0.05) is 12.1 Å². The van der Waals surface area contributed by atoms with Gasteiger partial charge in [-0.15, -0.1) is 0 Å². The van der Waals surface area contributed by atoms with Gasteiger partial charge < -0.3 is 9.47 Å². The molecule has 0 fully saturated rings. The molecule has 0 heterocycles. The number of hydrogen-bond donors (Lipinski definition) is 0. The quantitative estimate of drug-likeness (QED) is 0.500. The van der Waals surface area contributed by atoms with E-state index in [0.29, 0.717) is 0 Å². The molecule has 118 valence electrons. The third kappa shape index (κ3) is 3.66. The average molecular weight is 314 g/mol. The Morgan fingerprint density at radius 3 is 1.38 bits per heavy atom. The van der Waals surface area contributed by atoms with E-state index >= 15 is 0 Å². The van der Waals surface area contributed by atoms with Gasteiger partial charge in [-0.3, -0.25) is 0 Å². The molecular weight excluding hydrogens is 296 g/mol. The summed E-state index contributed by atoms with van der Waals surface area (Å²) in [6.45, 7) is 0. The Balaban J connectivity index is 0.000000141. The fourth-order valence-corrected chi connectivity index (χ4v) is 2.43. The molecule has 2 radical (unpaired) electrons. The molecule has 0 aliphatic rings. The van der Waals surface area contributed by atoms with E-state index in [1.807, 2.05) is 60.7 Å². The third-order valence-electron chi connectivity index (χ3n) is 3.71. The van der Waals surface area contributed by atoms with E-state index in [1.54, 1.807) is 14.2 Å². The number of rotatable bonds is 2. The molecule has 0 unspecified atom stereocenters. The molecule has 0 saturated heterocycles. The van der Waals surface area contributed by atoms with Gasteiger partial charge in [-0.2, -0.15) is 0 Å². The van der Waals surface area contributed by atoms with Crippen molar-refractivity contribution in [1.82, 2.24) is 0 Å². The van der Waals surface area contributed by atoms with Crippen LogP contribution in [0.3, 0.4) is 0 Å². The molecule has 0 saturated carbocycles. The molecule has 0 spiro atoms. The number of methoxy groups -OCH3 is 2. The van der Waals surface area contributed by atoms with E-state index < -0.39 is 0 Å². The molecule has 0 atom stereocenters. The molecule has 0 aromatic heterocycles. The Morgan fingerprint density at radius 2 is 0.958 bits per heavy atom. The van der Waals surface area contributed by atoms with Crippen LogP contribution in [0.25, 0.3) is 21.5 Å². The Hall–Kier alpha value is -3.00. The molecule has 2 nitrogen and oxygen atoms in total. The zero-order valence-electron chi connectivity index (χ0n) is 13.7. The van der Waals surface area contributed by atoms with Crippen LogP contribution in [0.2, 0.25) is 0 Å². The molecule has 0 aliphatic heterocycles. The highest BCUT2D eigenvalue weighted by Crippen LogP contribution is 2.19. The van der Waals surface area contributed by atoms with E-state index in [-0.39, 0.29) is 0 Å². The van der Waals surface area contributed by atoms with Crippen molar-refractivity contribution in [3.05, 3.63) is 84.9 Å². The lowest BCUT2D eigenvalue weighted by atomic mass is 10.1. The Bertz CT molecular complexity index is 865. The van der Waals surface area contributed by atoms with Crippen LogP contribution in [-0.2, 0) is 0 Å². The van der Waals surface area contributed by atoms with Crippen molar-refractivity contribution < 1.29 is 9.47 Å². The minimum absolute atomic E-state index is 0.786. The number of fused-ring (bicyclic) bond motifs is 2. The van der Waals surface area contributed by atoms with Gasteiger partial charge in [0.25, 0.3) is 0 Å². The first-order valence-electron chi connectivity index (χ1n) is 7.70. The molecule has 4 aromatic carbocycles. The summed E-state index contributed by atoms with van der Waals surface area (Å²) < 4.78 is 10.1. The minimum atomic E-state index is 0.786. The first kappa shape index (κ1) is 15.9. The Kier molecular flexibility index (Phi) is 4.97. The molecule has 2 heteroatoms. The summed E-state index contributed by atoms with van der Waals surface area (Å²) in [5, 5.41) is 4.57. The van der Waals surface area contributed by atoms with Crippen LogP contribution in [-0.4, -0.2) is 14.2 Å². The number of benzene rings is 4. The molecule has 0 aliphatic carbocycles. The maximum atomic E-state index is 5.07. The van der Waals surface area contributed by atoms with E-state index in [0.717, 1.165) is 22.3 Å². The van der Waals surface area contributed by atoms with Crippen molar-refractivity contribution in [2.75, 3.05) is 14.2 Å². The summed E-state index contributed by atoms with van der Waals surface area (Å²) in [6.07, 6.45) is 0. The third-order valence-corrected chi connectivity index (χ3v) is 3.71. The van der Waals surface area contributed by atoms with Crippen LogP contribution in [0.4, 0.5) is 0 Å². The van der Waals surface area contributed by atoms with E-state index in [9.17, 15) is 0 Å². The zero-order chi connectivity index (χ0) is 16.8. The lowest BCUT2D eigenvalue weighted by Gasteiger charge is -2.00. The minimum Gasteiger partial charge on any atom is -0.496 e. The average Bonchev–Trinajstić information content (AvgIpc) is 2.67. The van der Waals surface area contributed by atoms with Crippen molar-refractivity contribution in [2.24, 2.45) is 0 Å². The fourth-order valence-electron chi connectivity index (χ4n) is 2.43. The van der Waals surface area contributed by atoms with Crippen molar-refractivity contribution in [2.45, 2.75) is 0 Å². The highest BCUT2D eigenvalue weighted by atomic mass is 16.5. The van der Waals surface area contributed by atoms with E-state index in [2.05, 4.69) is 24.3 Å². The van der Waals surface area contributed by atoms with Crippen LogP contribution in [0, 0.1) is 12.1 Å². The number of hydrogen-bond acceptors (Lipinski definition) is 2. The molecule has 24 heavy (non-hydrogen) atoms. The van der Waals surface area contributed by atoms with Gasteiger partial charge >= 0.3 is 0 Å². The van der Waals surface area contributed by atoms with Gasteiger partial charge in [0.15, 0.2) is 0 Å². The molecule has 4 aromatic rings. The largest absolute Gasteiger partial charge is 0.496 e. The summed E-state index contributed by atoms with van der Waals surface area (Å²) in [7, 11) is 3.31. The second-order valence-corrected chi connectivity index (χ2v) is 5.23. The van der Waals surface area contributed by atoms with Crippen molar-refractivity contribution >= 4 is 21.5 Å². The lowest BCUT2D eigenvalue weighted by molar-refractivity contribution is 0.414. The van der Waals surface area contributed by atoms with Gasteiger partial charge in [0.2, 0.25) is 0 Å². The lowest BCUT2D eigenvalue weighted by Crippen LogP contribution is -1.81. The second kappa shape index (κ2) is 7.51. The first-order chi connectivity index (χ1) is 11.8. The van der Waals surface area contributed by atoms with Crippen molar-refractivity contribution in [1.29, 1.82) is 0 Å². The smallest absolute Gasteiger partial charge is 0.127 e. The monoisotopic (exact) mass is 314 g/mol. The van der Waals surface area contributed by atoms with Crippen LogP contribution >= 0.6 is 0 Å². The maximum absolute atomic E-state index is 5.07. The number of ether oxygens (including phenoxy) is 2. The van der Waals surface area contributed by atoms with Crippen LogP contribution < -0.4 is 9.47 Å². The van der Waals surface area contributed by atoms with Crippen molar-refractivity contribution in [3.63, 3.8) is 0 Å². The van der Waals surface area contributed by atoms with Gasteiger partial charge in [0.05, 0.1) is 14.2 Å². The summed E-state index contributed by atoms with van der Waals surface area (Å²) in [5.41, 5.74) is 0. The highest BCUT2D eigenvalue weighted by Gasteiger charge is 1.95. The summed E-state index contributed by atoms with van der Waals surface area (Å²) in [5.74, 6) is 1.57. The van der Waals surface area contributed by atoms with E-state index in [1.165, 1.54) is 10.8 Å². The molecule has 4 rings (SSSR count). The van der Waals surface area contributed by atoms with E-state index in [4.69, 9.17) is 9.47 Å². The predicted octanol–water partition coefficient (Wildman–Crippen LogP) is 5.30. The SMILES string of the molecule is COc1[c]c2ccccc2cc1.COc1[c]c2ccccc2cc1. The second-order valence-electron chi connectivity index (χ2n) is 5.23. The van der Waals surface area contributed by atoms with Crippen LogP contribution in [0.15, 0.2) is 72.8 Å². The van der Waals surface area contributed by atoms with Crippen molar-refractivity contribution in [3.8, 4) is 11.5 Å². The van der Waals surface area contributed by atoms with Gasteiger partial charge in [-0.05, 0) is 33.7 Å². The molecule has 0 N–H and O–H groups in total. The highest BCUT2D eigenvalue weighted by molar-refractivity contribution is 5.83. The Morgan fingerprint density at radius 1 is 0.542 bits per heavy atom. The predicted molar refractivity (Wildman–Crippen MR) is 98.7 cm³/mol. The summed E-state index contributed by atoms with van der Waals surface area (Å²) in [6, 6.07) is 30.4. The van der Waals surface area contributed by atoms with Gasteiger partial charge in [-0.25, -0.2) is 0 Å². The fraction of sp³-hybridized carbons (Fsp3) is 0.0909. The molecular formula is C22H18O2. The Labute approximate surface area is 142 Å². The molecule has 0 amide bonds. The van der Waals surface area contributed by atoms with Crippen LogP contribution in [0.5, 0.6) is 11.5 Å². The normalized spacial score (nSPS) is 10.1. The molecule has 0 bridgehead atoms. The van der Waals surface area contributed by atoms with Gasteiger partial charge in [-0.1, -0.05) is 60.7 Å². The van der Waals surface area contributed by atoms with Crippen LogP contribution in [0.1, 0.15) is 0 Å². The maximum Gasteiger partial charge on any atom is 0.127 e. The summed E-state index contributed by atoms with van der Waals surface area (Å²) >= 11 is 0. The zero-order valence-corrected chi connectivity index (χ0v) is 13.7.